The Morgan fingerprint density at radius 3 is 2.86 bits per heavy atom. The van der Waals surface area contributed by atoms with E-state index in [0.29, 0.717) is 6.61 Å². The Labute approximate surface area is 171 Å². The molecular formula is C22H29N3O2S. The number of carbonyl (C=O) groups is 1. The van der Waals surface area contributed by atoms with E-state index in [1.54, 1.807) is 0 Å². The smallest absolute Gasteiger partial charge is 0.237 e. The molecular weight excluding hydrogens is 370 g/mol. The van der Waals surface area contributed by atoms with Crippen molar-refractivity contribution in [3.05, 3.63) is 42.7 Å². The molecule has 2 bridgehead atoms. The Hall–Kier alpha value is -2.05. The molecule has 0 unspecified atom stereocenters. The third kappa shape index (κ3) is 5.49. The molecule has 1 amide bonds. The van der Waals surface area contributed by atoms with Gasteiger partial charge in [0, 0.05) is 28.4 Å². The lowest BCUT2D eigenvalue weighted by molar-refractivity contribution is -0.126. The molecule has 0 radical (unpaired) electrons. The number of hydrogen-bond donors (Lipinski definition) is 1. The molecule has 0 fully saturated rings. The normalized spacial score (nSPS) is 21.5. The van der Waals surface area contributed by atoms with Crippen LogP contribution in [0.2, 0.25) is 0 Å². The highest BCUT2D eigenvalue weighted by atomic mass is 32.2. The molecule has 6 heteroatoms. The van der Waals surface area contributed by atoms with Crippen LogP contribution in [0.1, 0.15) is 26.2 Å². The van der Waals surface area contributed by atoms with Gasteiger partial charge in [0.05, 0.1) is 12.1 Å². The van der Waals surface area contributed by atoms with Crippen LogP contribution in [0.15, 0.2) is 47.6 Å². The van der Waals surface area contributed by atoms with E-state index in [-0.39, 0.29) is 18.0 Å². The number of fused-ring (bicyclic) bond motifs is 4. The van der Waals surface area contributed by atoms with Crippen molar-refractivity contribution in [3.63, 3.8) is 0 Å². The van der Waals surface area contributed by atoms with Crippen LogP contribution in [0.4, 0.5) is 0 Å². The van der Waals surface area contributed by atoms with Crippen LogP contribution in [0.5, 0.6) is 5.75 Å². The molecule has 1 aromatic heterocycles. The van der Waals surface area contributed by atoms with Gasteiger partial charge in [0.1, 0.15) is 12.4 Å². The highest BCUT2D eigenvalue weighted by molar-refractivity contribution is 7.99. The molecule has 5 nitrogen and oxygen atoms in total. The molecule has 1 aliphatic heterocycles. The number of aromatic nitrogens is 1. The number of ether oxygens (including phenoxy) is 1. The second-order valence-corrected chi connectivity index (χ2v) is 8.62. The van der Waals surface area contributed by atoms with Crippen LogP contribution in [0.3, 0.4) is 0 Å². The average Bonchev–Trinajstić information content (AvgIpc) is 2.68. The van der Waals surface area contributed by atoms with Crippen LogP contribution in [0.25, 0.3) is 11.1 Å². The summed E-state index contributed by atoms with van der Waals surface area (Å²) in [4.78, 5) is 20.3. The van der Waals surface area contributed by atoms with E-state index in [4.69, 9.17) is 4.74 Å². The summed E-state index contributed by atoms with van der Waals surface area (Å²) in [5.74, 6) is 1.90. The monoisotopic (exact) mass is 399 g/mol. The molecule has 0 saturated heterocycles. The van der Waals surface area contributed by atoms with Crippen molar-refractivity contribution in [2.24, 2.45) is 0 Å². The standard InChI is InChI=1S/C22H29N3O2S/c1-16-15-27-21-10-5-4-8-19(21)17-12-18(14-23-13-17)28-11-7-6-9-20(25(2)3)22(26)24-16/h4-5,8,10,12-14,16,20H,6-7,9,11,15H2,1-3H3,(H,24,26)/t16-,20+/m1/s1. The number of carbonyl (C=O) groups excluding carboxylic acids is 1. The lowest BCUT2D eigenvalue weighted by Gasteiger charge is -2.26. The minimum atomic E-state index is -0.113. The number of hydrogen-bond acceptors (Lipinski definition) is 5. The number of likely N-dealkylation sites (N-methyl/N-ethyl adjacent to an activating group) is 1. The van der Waals surface area contributed by atoms with Gasteiger partial charge in [-0.3, -0.25) is 14.7 Å². The number of nitrogens with one attached hydrogen (secondary N) is 1. The topological polar surface area (TPSA) is 54.5 Å². The number of pyridine rings is 1. The van der Waals surface area contributed by atoms with E-state index >= 15 is 0 Å². The van der Waals surface area contributed by atoms with Gasteiger partial charge in [-0.2, -0.15) is 0 Å². The number of para-hydroxylation sites is 1. The number of amides is 1. The molecule has 1 aromatic carbocycles. The van der Waals surface area contributed by atoms with E-state index in [2.05, 4.69) is 22.4 Å². The molecule has 2 heterocycles. The molecule has 2 atom stereocenters. The van der Waals surface area contributed by atoms with Crippen LogP contribution >= 0.6 is 11.8 Å². The summed E-state index contributed by atoms with van der Waals surface area (Å²) in [6, 6.07) is 9.99. The first kappa shape index (κ1) is 20.7. The molecule has 1 aliphatic rings. The van der Waals surface area contributed by atoms with Gasteiger partial charge in [-0.25, -0.2) is 0 Å². The second-order valence-electron chi connectivity index (χ2n) is 7.45. The zero-order chi connectivity index (χ0) is 19.9. The predicted molar refractivity (Wildman–Crippen MR) is 115 cm³/mol. The molecule has 28 heavy (non-hydrogen) atoms. The second kappa shape index (κ2) is 9.94. The Balaban J connectivity index is 1.85. The maximum absolute atomic E-state index is 12.7. The van der Waals surface area contributed by atoms with E-state index < -0.39 is 0 Å². The van der Waals surface area contributed by atoms with Crippen LogP contribution < -0.4 is 10.1 Å². The fourth-order valence-electron chi connectivity index (χ4n) is 3.33. The van der Waals surface area contributed by atoms with E-state index in [1.165, 1.54) is 0 Å². The summed E-state index contributed by atoms with van der Waals surface area (Å²) in [6.07, 6.45) is 6.74. The predicted octanol–water partition coefficient (Wildman–Crippen LogP) is 3.84. The number of rotatable bonds is 1. The first-order valence-electron chi connectivity index (χ1n) is 9.81. The Bertz CT molecular complexity index is 797. The highest BCUT2D eigenvalue weighted by Crippen LogP contribution is 2.32. The van der Waals surface area contributed by atoms with E-state index in [0.717, 1.165) is 46.8 Å². The van der Waals surface area contributed by atoms with Crippen LogP contribution in [0, 0.1) is 0 Å². The molecule has 0 aliphatic carbocycles. The van der Waals surface area contributed by atoms with Crippen LogP contribution in [-0.2, 0) is 4.79 Å². The van der Waals surface area contributed by atoms with Crippen molar-refractivity contribution in [1.29, 1.82) is 0 Å². The minimum Gasteiger partial charge on any atom is -0.491 e. The molecule has 1 N–H and O–H groups in total. The van der Waals surface area contributed by atoms with Gasteiger partial charge in [-0.15, -0.1) is 11.8 Å². The molecule has 150 valence electrons. The SMILES string of the molecule is C[C@@H]1COc2ccccc2-c2cncc(c2)SCCCC[C@H](N(C)C)C(=O)N1. The summed E-state index contributed by atoms with van der Waals surface area (Å²) in [7, 11) is 3.93. The average molecular weight is 400 g/mol. The van der Waals surface area contributed by atoms with Gasteiger partial charge in [-0.05, 0) is 51.7 Å². The minimum absolute atomic E-state index is 0.0727. The molecule has 2 aromatic rings. The van der Waals surface area contributed by atoms with Crippen molar-refractivity contribution >= 4 is 17.7 Å². The zero-order valence-corrected chi connectivity index (χ0v) is 17.7. The van der Waals surface area contributed by atoms with Crippen molar-refractivity contribution in [2.45, 2.75) is 43.2 Å². The van der Waals surface area contributed by atoms with Gasteiger partial charge >= 0.3 is 0 Å². The van der Waals surface area contributed by atoms with E-state index in [9.17, 15) is 4.79 Å². The van der Waals surface area contributed by atoms with Crippen molar-refractivity contribution in [1.82, 2.24) is 15.2 Å². The summed E-state index contributed by atoms with van der Waals surface area (Å²) in [6.45, 7) is 2.40. The van der Waals surface area contributed by atoms with Gasteiger partial charge in [0.2, 0.25) is 5.91 Å². The quantitative estimate of drug-likeness (QED) is 0.790. The summed E-state index contributed by atoms with van der Waals surface area (Å²) in [5.41, 5.74) is 2.08. The van der Waals surface area contributed by atoms with E-state index in [1.807, 2.05) is 68.3 Å². The zero-order valence-electron chi connectivity index (χ0n) is 16.9. The van der Waals surface area contributed by atoms with Gasteiger partial charge in [-0.1, -0.05) is 24.6 Å². The Morgan fingerprint density at radius 2 is 2.04 bits per heavy atom. The number of benzene rings is 1. The lowest BCUT2D eigenvalue weighted by atomic mass is 10.1. The number of thioether (sulfide) groups is 1. The Kier molecular flexibility index (Phi) is 7.34. The third-order valence-corrected chi connectivity index (χ3v) is 5.90. The first-order chi connectivity index (χ1) is 13.5. The summed E-state index contributed by atoms with van der Waals surface area (Å²) < 4.78 is 6.08. The van der Waals surface area contributed by atoms with Crippen molar-refractivity contribution in [2.75, 3.05) is 26.5 Å². The lowest BCUT2D eigenvalue weighted by Crippen LogP contribution is -2.48. The Morgan fingerprint density at radius 1 is 1.21 bits per heavy atom. The molecule has 0 saturated carbocycles. The summed E-state index contributed by atoms with van der Waals surface area (Å²) >= 11 is 1.81. The van der Waals surface area contributed by atoms with Crippen molar-refractivity contribution in [3.8, 4) is 16.9 Å². The highest BCUT2D eigenvalue weighted by Gasteiger charge is 2.22. The molecule has 3 rings (SSSR count). The fourth-order valence-corrected chi connectivity index (χ4v) is 4.25. The maximum atomic E-state index is 12.7. The van der Waals surface area contributed by atoms with Crippen molar-refractivity contribution < 1.29 is 9.53 Å². The van der Waals surface area contributed by atoms with Crippen LogP contribution in [-0.4, -0.2) is 54.3 Å². The van der Waals surface area contributed by atoms with Gasteiger partial charge in [0.15, 0.2) is 0 Å². The first-order valence-corrected chi connectivity index (χ1v) is 10.8. The maximum Gasteiger partial charge on any atom is 0.237 e. The summed E-state index contributed by atoms with van der Waals surface area (Å²) in [5, 5.41) is 3.11. The fraction of sp³-hybridized carbons (Fsp3) is 0.455. The van der Waals surface area contributed by atoms with Gasteiger partial charge in [0.25, 0.3) is 0 Å². The number of nitrogens with zero attached hydrogens (tertiary/aromatic N) is 2. The largest absolute Gasteiger partial charge is 0.491 e. The van der Waals surface area contributed by atoms with Gasteiger partial charge < -0.3 is 10.1 Å². The third-order valence-electron chi connectivity index (χ3n) is 4.86. The molecule has 0 spiro atoms.